The Morgan fingerprint density at radius 1 is 1.28 bits per heavy atom. The molecule has 0 unspecified atom stereocenters. The summed E-state index contributed by atoms with van der Waals surface area (Å²) in [5, 5.41) is 6.74. The highest BCUT2D eigenvalue weighted by Crippen LogP contribution is 2.19. The lowest BCUT2D eigenvalue weighted by Crippen LogP contribution is -2.37. The molecule has 5 nitrogen and oxygen atoms in total. The van der Waals surface area contributed by atoms with Gasteiger partial charge in [0.25, 0.3) is 0 Å². The number of rotatable bonds is 5. The van der Waals surface area contributed by atoms with Gasteiger partial charge < -0.3 is 15.0 Å². The van der Waals surface area contributed by atoms with E-state index >= 15 is 0 Å². The van der Waals surface area contributed by atoms with Crippen LogP contribution in [0.1, 0.15) is 43.5 Å². The molecule has 6 heteroatoms. The first-order valence-electron chi connectivity index (χ1n) is 8.82. The molecule has 0 amide bonds. The van der Waals surface area contributed by atoms with Crippen molar-refractivity contribution in [1.29, 1.82) is 0 Å². The number of nitrogens with zero attached hydrogens (tertiary/aromatic N) is 3. The average molecular weight is 453 g/mol. The number of aromatic nitrogens is 2. The van der Waals surface area contributed by atoms with Gasteiger partial charge in [-0.05, 0) is 51.2 Å². The third-order valence-electron chi connectivity index (χ3n) is 4.53. The molecule has 0 saturated heterocycles. The zero-order valence-electron chi connectivity index (χ0n) is 15.1. The van der Waals surface area contributed by atoms with E-state index in [0.29, 0.717) is 6.54 Å². The van der Waals surface area contributed by atoms with Crippen LogP contribution in [-0.2, 0) is 6.54 Å². The van der Waals surface area contributed by atoms with Gasteiger partial charge in [-0.3, -0.25) is 4.99 Å². The number of pyridine rings is 1. The van der Waals surface area contributed by atoms with Gasteiger partial charge in [0.2, 0.25) is 0 Å². The molecule has 2 aromatic rings. The predicted octanol–water partition coefficient (Wildman–Crippen LogP) is 3.82. The molecular formula is C19H28IN5. The summed E-state index contributed by atoms with van der Waals surface area (Å²) < 4.78 is 2.11. The molecule has 2 N–H and O–H groups in total. The topological polar surface area (TPSA) is 53.7 Å². The van der Waals surface area contributed by atoms with E-state index in [1.807, 2.05) is 19.2 Å². The highest BCUT2D eigenvalue weighted by atomic mass is 127. The van der Waals surface area contributed by atoms with E-state index in [1.165, 1.54) is 31.4 Å². The highest BCUT2D eigenvalue weighted by molar-refractivity contribution is 14.0. The van der Waals surface area contributed by atoms with Gasteiger partial charge in [0, 0.05) is 25.5 Å². The van der Waals surface area contributed by atoms with Crippen LogP contribution in [0.2, 0.25) is 0 Å². The Balaban J connectivity index is 0.00000225. The Kier molecular flexibility index (Phi) is 7.74. The molecule has 1 aliphatic rings. The monoisotopic (exact) mass is 453 g/mol. The molecule has 0 spiro atoms. The van der Waals surface area contributed by atoms with E-state index in [1.54, 1.807) is 5.57 Å². The Morgan fingerprint density at radius 2 is 2.16 bits per heavy atom. The SMILES string of the molecule is CN=C(NCCC1=CCCCC1)NCc1cn2c(C)cccc2n1.I. The summed E-state index contributed by atoms with van der Waals surface area (Å²) in [5.74, 6) is 0.834. The molecule has 3 rings (SSSR count). The standard InChI is InChI=1S/C19H27N5.HI/c1-15-7-6-10-18-23-17(14-24(15)18)13-22-19(20-2)21-12-11-16-8-4-3-5-9-16;/h6-8,10,14H,3-5,9,11-13H2,1-2H3,(H2,20,21,22);1H. The number of guanidine groups is 1. The second-order valence-electron chi connectivity index (χ2n) is 6.34. The van der Waals surface area contributed by atoms with Gasteiger partial charge in [-0.1, -0.05) is 17.7 Å². The quantitative estimate of drug-likeness (QED) is 0.313. The normalized spacial score (nSPS) is 14.8. The zero-order chi connectivity index (χ0) is 16.8. The molecule has 25 heavy (non-hydrogen) atoms. The van der Waals surface area contributed by atoms with Gasteiger partial charge in [0.05, 0.1) is 12.2 Å². The van der Waals surface area contributed by atoms with Gasteiger partial charge in [0.1, 0.15) is 5.65 Å². The van der Waals surface area contributed by atoms with E-state index in [9.17, 15) is 0 Å². The molecule has 0 radical (unpaired) electrons. The third kappa shape index (κ3) is 5.45. The van der Waals surface area contributed by atoms with Crippen LogP contribution >= 0.6 is 24.0 Å². The van der Waals surface area contributed by atoms with Gasteiger partial charge in [-0.25, -0.2) is 4.98 Å². The van der Waals surface area contributed by atoms with Crippen molar-refractivity contribution in [1.82, 2.24) is 20.0 Å². The van der Waals surface area contributed by atoms with Crippen molar-refractivity contribution in [3.8, 4) is 0 Å². The molecule has 0 aromatic carbocycles. The molecular weight excluding hydrogens is 425 g/mol. The van der Waals surface area contributed by atoms with Crippen molar-refractivity contribution in [3.63, 3.8) is 0 Å². The first kappa shape index (κ1) is 19.8. The Morgan fingerprint density at radius 3 is 2.88 bits per heavy atom. The number of nitrogens with one attached hydrogen (secondary N) is 2. The fraction of sp³-hybridized carbons (Fsp3) is 0.474. The number of hydrogen-bond donors (Lipinski definition) is 2. The second kappa shape index (κ2) is 9.79. The fourth-order valence-electron chi connectivity index (χ4n) is 3.15. The number of fused-ring (bicyclic) bond motifs is 1. The largest absolute Gasteiger partial charge is 0.356 e. The average Bonchev–Trinajstić information content (AvgIpc) is 3.03. The van der Waals surface area contributed by atoms with Crippen LogP contribution in [0.4, 0.5) is 0 Å². The number of imidazole rings is 1. The third-order valence-corrected chi connectivity index (χ3v) is 4.53. The lowest BCUT2D eigenvalue weighted by atomic mass is 9.97. The van der Waals surface area contributed by atoms with Crippen molar-refractivity contribution >= 4 is 35.6 Å². The van der Waals surface area contributed by atoms with E-state index in [-0.39, 0.29) is 24.0 Å². The predicted molar refractivity (Wildman–Crippen MR) is 115 cm³/mol. The first-order chi connectivity index (χ1) is 11.8. The van der Waals surface area contributed by atoms with Crippen molar-refractivity contribution in [2.24, 2.45) is 4.99 Å². The van der Waals surface area contributed by atoms with Crippen LogP contribution in [0.25, 0.3) is 5.65 Å². The van der Waals surface area contributed by atoms with Crippen LogP contribution < -0.4 is 10.6 Å². The van der Waals surface area contributed by atoms with E-state index in [2.05, 4.69) is 50.3 Å². The molecule has 1 aliphatic carbocycles. The molecule has 2 aromatic heterocycles. The maximum atomic E-state index is 4.64. The summed E-state index contributed by atoms with van der Waals surface area (Å²) in [4.78, 5) is 8.94. The zero-order valence-corrected chi connectivity index (χ0v) is 17.4. The van der Waals surface area contributed by atoms with E-state index in [0.717, 1.165) is 30.3 Å². The molecule has 0 bridgehead atoms. The van der Waals surface area contributed by atoms with Crippen LogP contribution in [0.3, 0.4) is 0 Å². The highest BCUT2D eigenvalue weighted by Gasteiger charge is 2.06. The molecule has 2 heterocycles. The Hall–Kier alpha value is -1.57. The minimum atomic E-state index is 0. The van der Waals surface area contributed by atoms with Gasteiger partial charge in [0.15, 0.2) is 5.96 Å². The maximum Gasteiger partial charge on any atom is 0.191 e. The first-order valence-corrected chi connectivity index (χ1v) is 8.82. The molecule has 0 atom stereocenters. The minimum Gasteiger partial charge on any atom is -0.356 e. The van der Waals surface area contributed by atoms with Crippen molar-refractivity contribution < 1.29 is 0 Å². The smallest absolute Gasteiger partial charge is 0.191 e. The lowest BCUT2D eigenvalue weighted by molar-refractivity contribution is 0.665. The second-order valence-corrected chi connectivity index (χ2v) is 6.34. The van der Waals surface area contributed by atoms with Crippen molar-refractivity contribution in [3.05, 3.63) is 47.4 Å². The summed E-state index contributed by atoms with van der Waals surface area (Å²) >= 11 is 0. The van der Waals surface area contributed by atoms with Crippen LogP contribution in [0.15, 0.2) is 41.0 Å². The summed E-state index contributed by atoms with van der Waals surface area (Å²) in [7, 11) is 1.81. The number of hydrogen-bond acceptors (Lipinski definition) is 2. The van der Waals surface area contributed by atoms with Crippen LogP contribution in [0.5, 0.6) is 0 Å². The summed E-state index contributed by atoms with van der Waals surface area (Å²) in [6.45, 7) is 3.69. The van der Waals surface area contributed by atoms with E-state index < -0.39 is 0 Å². The van der Waals surface area contributed by atoms with E-state index in [4.69, 9.17) is 0 Å². The Labute approximate surface area is 167 Å². The van der Waals surface area contributed by atoms with Gasteiger partial charge >= 0.3 is 0 Å². The molecule has 136 valence electrons. The summed E-state index contributed by atoms with van der Waals surface area (Å²) in [6, 6.07) is 6.16. The number of halogens is 1. The minimum absolute atomic E-state index is 0. The summed E-state index contributed by atoms with van der Waals surface area (Å²) in [5.41, 5.74) is 4.77. The number of aryl methyl sites for hydroxylation is 1. The molecule has 0 saturated carbocycles. The van der Waals surface area contributed by atoms with Crippen LogP contribution in [0, 0.1) is 6.92 Å². The molecule has 0 aliphatic heterocycles. The van der Waals surface area contributed by atoms with Crippen LogP contribution in [-0.4, -0.2) is 28.9 Å². The van der Waals surface area contributed by atoms with Gasteiger partial charge in [-0.15, -0.1) is 24.0 Å². The number of aliphatic imine (C=N–C) groups is 1. The lowest BCUT2D eigenvalue weighted by Gasteiger charge is -2.14. The van der Waals surface area contributed by atoms with Crippen molar-refractivity contribution in [2.45, 2.75) is 45.6 Å². The Bertz CT molecular complexity index is 747. The maximum absolute atomic E-state index is 4.64. The van der Waals surface area contributed by atoms with Crippen molar-refractivity contribution in [2.75, 3.05) is 13.6 Å². The number of allylic oxidation sites excluding steroid dienone is 1. The fourth-order valence-corrected chi connectivity index (χ4v) is 3.15. The van der Waals surface area contributed by atoms with Gasteiger partial charge in [-0.2, -0.15) is 0 Å². The summed E-state index contributed by atoms with van der Waals surface area (Å²) in [6.07, 6.45) is 10.8. The molecule has 0 fully saturated rings.